The maximum Gasteiger partial charge on any atom is 0.306 e. The van der Waals surface area contributed by atoms with Gasteiger partial charge in [0.2, 0.25) is 5.76 Å². The fourth-order valence-corrected chi connectivity index (χ4v) is 2.99. The Morgan fingerprint density at radius 2 is 1.69 bits per heavy atom. The second kappa shape index (κ2) is 7.85. The Kier molecular flexibility index (Phi) is 4.94. The van der Waals surface area contributed by atoms with Crippen LogP contribution < -0.4 is 15.6 Å². The molecule has 2 aromatic carbocycles. The Labute approximate surface area is 166 Å². The highest BCUT2D eigenvalue weighted by Crippen LogP contribution is 2.36. The Bertz CT molecular complexity index is 1170. The lowest BCUT2D eigenvalue weighted by Gasteiger charge is -2.07. The highest BCUT2D eigenvalue weighted by atomic mass is 16.5. The average Bonchev–Trinajstić information content (AvgIpc) is 3.17. The summed E-state index contributed by atoms with van der Waals surface area (Å²) in [6, 6.07) is 19.7. The lowest BCUT2D eigenvalue weighted by Crippen LogP contribution is -2.41. The quantitative estimate of drug-likeness (QED) is 0.522. The van der Waals surface area contributed by atoms with Crippen molar-refractivity contribution >= 4 is 22.8 Å². The van der Waals surface area contributed by atoms with E-state index in [1.54, 1.807) is 37.4 Å². The SMILES string of the molecule is COc1ccc2c(-c3ccccc3)c(C(=O)NNC(=O)c3ccccn3)oc2c1. The topological polar surface area (TPSA) is 93.5 Å². The second-order valence-corrected chi connectivity index (χ2v) is 6.16. The van der Waals surface area contributed by atoms with E-state index < -0.39 is 11.8 Å². The molecular formula is C22H17N3O4. The molecule has 0 saturated carbocycles. The van der Waals surface area contributed by atoms with Gasteiger partial charge in [0, 0.05) is 23.2 Å². The lowest BCUT2D eigenvalue weighted by atomic mass is 10.0. The number of nitrogens with one attached hydrogen (secondary N) is 2. The molecule has 2 N–H and O–H groups in total. The standard InChI is InChI=1S/C22H17N3O4/c1-28-15-10-11-16-18(13-15)29-20(19(16)14-7-3-2-4-8-14)22(27)25-24-21(26)17-9-5-6-12-23-17/h2-13H,1H3,(H,24,26)(H,25,27). The van der Waals surface area contributed by atoms with Crippen LogP contribution in [0.25, 0.3) is 22.1 Å². The van der Waals surface area contributed by atoms with Crippen molar-refractivity contribution in [2.45, 2.75) is 0 Å². The molecule has 7 nitrogen and oxygen atoms in total. The number of pyridine rings is 1. The van der Waals surface area contributed by atoms with Gasteiger partial charge in [-0.3, -0.25) is 25.4 Å². The number of hydrazine groups is 1. The summed E-state index contributed by atoms with van der Waals surface area (Å²) in [5.74, 6) is -0.414. The number of benzene rings is 2. The van der Waals surface area contributed by atoms with Crippen LogP contribution in [0.2, 0.25) is 0 Å². The van der Waals surface area contributed by atoms with Crippen LogP contribution in [0.15, 0.2) is 77.3 Å². The predicted octanol–water partition coefficient (Wildman–Crippen LogP) is 3.58. The van der Waals surface area contributed by atoms with Gasteiger partial charge in [-0.2, -0.15) is 0 Å². The number of methoxy groups -OCH3 is 1. The molecule has 0 fully saturated rings. The van der Waals surface area contributed by atoms with E-state index in [1.807, 2.05) is 36.4 Å². The van der Waals surface area contributed by atoms with Crippen molar-refractivity contribution in [2.75, 3.05) is 7.11 Å². The van der Waals surface area contributed by atoms with E-state index in [9.17, 15) is 9.59 Å². The monoisotopic (exact) mass is 387 g/mol. The van der Waals surface area contributed by atoms with Crippen LogP contribution in [-0.4, -0.2) is 23.9 Å². The van der Waals surface area contributed by atoms with E-state index >= 15 is 0 Å². The number of rotatable bonds is 4. The van der Waals surface area contributed by atoms with Gasteiger partial charge in [0.25, 0.3) is 5.91 Å². The number of nitrogens with zero attached hydrogens (tertiary/aromatic N) is 1. The molecule has 0 bridgehead atoms. The average molecular weight is 387 g/mol. The van der Waals surface area contributed by atoms with Gasteiger partial charge in [0.1, 0.15) is 17.0 Å². The smallest absolute Gasteiger partial charge is 0.306 e. The summed E-state index contributed by atoms with van der Waals surface area (Å²) in [5.41, 5.74) is 6.89. The molecule has 0 atom stereocenters. The van der Waals surface area contributed by atoms with Crippen molar-refractivity contribution in [1.82, 2.24) is 15.8 Å². The molecule has 0 unspecified atom stereocenters. The first-order valence-electron chi connectivity index (χ1n) is 8.85. The third-order valence-electron chi connectivity index (χ3n) is 4.35. The summed E-state index contributed by atoms with van der Waals surface area (Å²) in [7, 11) is 1.56. The molecule has 0 saturated heterocycles. The first-order chi connectivity index (χ1) is 14.2. The number of furan rings is 1. The summed E-state index contributed by atoms with van der Waals surface area (Å²) in [6.07, 6.45) is 1.50. The zero-order valence-corrected chi connectivity index (χ0v) is 15.5. The highest BCUT2D eigenvalue weighted by molar-refractivity contribution is 6.08. The number of aromatic nitrogens is 1. The van der Waals surface area contributed by atoms with Crippen LogP contribution in [0.1, 0.15) is 21.0 Å². The van der Waals surface area contributed by atoms with Gasteiger partial charge in [-0.1, -0.05) is 36.4 Å². The van der Waals surface area contributed by atoms with Crippen molar-refractivity contribution in [1.29, 1.82) is 0 Å². The van der Waals surface area contributed by atoms with Crippen LogP contribution in [0.3, 0.4) is 0 Å². The minimum absolute atomic E-state index is 0.0840. The van der Waals surface area contributed by atoms with Crippen LogP contribution in [0.4, 0.5) is 0 Å². The number of carbonyl (C=O) groups excluding carboxylic acids is 2. The van der Waals surface area contributed by atoms with Crippen molar-refractivity contribution in [3.63, 3.8) is 0 Å². The number of carbonyl (C=O) groups is 2. The molecule has 0 aliphatic rings. The number of hydrogen-bond donors (Lipinski definition) is 2. The van der Waals surface area contributed by atoms with Gasteiger partial charge in [-0.05, 0) is 29.8 Å². The molecule has 4 rings (SSSR count). The number of fused-ring (bicyclic) bond motifs is 1. The Balaban J connectivity index is 1.68. The van der Waals surface area contributed by atoms with Gasteiger partial charge >= 0.3 is 5.91 Å². The lowest BCUT2D eigenvalue weighted by molar-refractivity contribution is 0.0830. The highest BCUT2D eigenvalue weighted by Gasteiger charge is 2.23. The van der Waals surface area contributed by atoms with Gasteiger partial charge in [-0.25, -0.2) is 0 Å². The summed E-state index contributed by atoms with van der Waals surface area (Å²) in [4.78, 5) is 28.9. The summed E-state index contributed by atoms with van der Waals surface area (Å²) in [5, 5.41) is 0.762. The molecular weight excluding hydrogens is 370 g/mol. The van der Waals surface area contributed by atoms with Crippen molar-refractivity contribution < 1.29 is 18.7 Å². The number of hydrogen-bond acceptors (Lipinski definition) is 5. The Hall–Kier alpha value is -4.13. The molecule has 144 valence electrons. The molecule has 2 amide bonds. The molecule has 0 spiro atoms. The molecule has 0 aliphatic heterocycles. The number of amides is 2. The fourth-order valence-electron chi connectivity index (χ4n) is 2.99. The minimum Gasteiger partial charge on any atom is -0.497 e. The molecule has 0 radical (unpaired) electrons. The first kappa shape index (κ1) is 18.2. The predicted molar refractivity (Wildman–Crippen MR) is 107 cm³/mol. The maximum atomic E-state index is 12.8. The van der Waals surface area contributed by atoms with Gasteiger partial charge in [-0.15, -0.1) is 0 Å². The van der Waals surface area contributed by atoms with Gasteiger partial charge in [0.15, 0.2) is 0 Å². The van der Waals surface area contributed by atoms with Crippen LogP contribution in [-0.2, 0) is 0 Å². The largest absolute Gasteiger partial charge is 0.497 e. The van der Waals surface area contributed by atoms with E-state index in [4.69, 9.17) is 9.15 Å². The molecule has 4 aromatic rings. The number of ether oxygens (including phenoxy) is 1. The fraction of sp³-hybridized carbons (Fsp3) is 0.0455. The zero-order valence-electron chi connectivity index (χ0n) is 15.5. The molecule has 0 aliphatic carbocycles. The van der Waals surface area contributed by atoms with E-state index in [2.05, 4.69) is 15.8 Å². The van der Waals surface area contributed by atoms with E-state index in [0.29, 0.717) is 16.9 Å². The third kappa shape index (κ3) is 3.66. The van der Waals surface area contributed by atoms with E-state index in [1.165, 1.54) is 6.20 Å². The van der Waals surface area contributed by atoms with Gasteiger partial charge < -0.3 is 9.15 Å². The van der Waals surface area contributed by atoms with Crippen molar-refractivity contribution in [3.8, 4) is 16.9 Å². The maximum absolute atomic E-state index is 12.8. The Morgan fingerprint density at radius 3 is 2.41 bits per heavy atom. The van der Waals surface area contributed by atoms with Crippen molar-refractivity contribution in [2.24, 2.45) is 0 Å². The molecule has 7 heteroatoms. The molecule has 29 heavy (non-hydrogen) atoms. The zero-order chi connectivity index (χ0) is 20.2. The summed E-state index contributed by atoms with van der Waals surface area (Å²) in [6.45, 7) is 0. The molecule has 2 heterocycles. The van der Waals surface area contributed by atoms with Crippen LogP contribution >= 0.6 is 0 Å². The van der Waals surface area contributed by atoms with Gasteiger partial charge in [0.05, 0.1) is 7.11 Å². The minimum atomic E-state index is -0.580. The Morgan fingerprint density at radius 1 is 0.931 bits per heavy atom. The van der Waals surface area contributed by atoms with Crippen LogP contribution in [0.5, 0.6) is 5.75 Å². The van der Waals surface area contributed by atoms with Crippen molar-refractivity contribution in [3.05, 3.63) is 84.4 Å². The summed E-state index contributed by atoms with van der Waals surface area (Å²) >= 11 is 0. The van der Waals surface area contributed by atoms with Crippen LogP contribution in [0, 0.1) is 0 Å². The second-order valence-electron chi connectivity index (χ2n) is 6.16. The third-order valence-corrected chi connectivity index (χ3v) is 4.35. The first-order valence-corrected chi connectivity index (χ1v) is 8.85. The molecule has 2 aromatic heterocycles. The van der Waals surface area contributed by atoms with E-state index in [0.717, 1.165) is 10.9 Å². The normalized spacial score (nSPS) is 10.5. The van der Waals surface area contributed by atoms with E-state index in [-0.39, 0.29) is 11.5 Å². The summed E-state index contributed by atoms with van der Waals surface area (Å²) < 4.78 is 11.1.